The van der Waals surface area contributed by atoms with Gasteiger partial charge in [0, 0.05) is 13.0 Å². The molecule has 0 unspecified atom stereocenters. The second-order valence-electron chi connectivity index (χ2n) is 8.07. The van der Waals surface area contributed by atoms with Crippen molar-refractivity contribution >= 4 is 0 Å². The smallest absolute Gasteiger partial charge is 0.164 e. The third-order valence-corrected chi connectivity index (χ3v) is 5.97. The van der Waals surface area contributed by atoms with Crippen LogP contribution in [0.3, 0.4) is 0 Å². The number of hydrogen-bond acceptors (Lipinski definition) is 5. The maximum Gasteiger partial charge on any atom is 0.164 e. The summed E-state index contributed by atoms with van der Waals surface area (Å²) in [6.07, 6.45) is 5.37. The van der Waals surface area contributed by atoms with Crippen LogP contribution in [0.5, 0.6) is 5.75 Å². The SMILES string of the molecule is COc1ccccc1-n1nc(CC2CCN(C)CC2)nc1[C@]1(C)CCCO1. The fraction of sp³-hybridized carbons (Fsp3) is 0.619. The fourth-order valence-electron chi connectivity index (χ4n) is 4.24. The van der Waals surface area contributed by atoms with Gasteiger partial charge in [-0.2, -0.15) is 5.10 Å². The van der Waals surface area contributed by atoms with E-state index in [0.29, 0.717) is 5.92 Å². The lowest BCUT2D eigenvalue weighted by molar-refractivity contribution is 0.00756. The molecule has 27 heavy (non-hydrogen) atoms. The minimum absolute atomic E-state index is 0.390. The Kier molecular flexibility index (Phi) is 5.19. The number of ether oxygens (including phenoxy) is 2. The van der Waals surface area contributed by atoms with Crippen LogP contribution in [0.4, 0.5) is 0 Å². The van der Waals surface area contributed by atoms with Gasteiger partial charge >= 0.3 is 0 Å². The van der Waals surface area contributed by atoms with Crippen LogP contribution in [-0.2, 0) is 16.8 Å². The molecule has 6 nitrogen and oxygen atoms in total. The zero-order chi connectivity index (χ0) is 18.9. The maximum absolute atomic E-state index is 6.11. The van der Waals surface area contributed by atoms with Gasteiger partial charge in [-0.25, -0.2) is 9.67 Å². The summed E-state index contributed by atoms with van der Waals surface area (Å²) in [5.74, 6) is 3.27. The first-order chi connectivity index (χ1) is 13.1. The van der Waals surface area contributed by atoms with E-state index >= 15 is 0 Å². The summed E-state index contributed by atoms with van der Waals surface area (Å²) in [5.41, 5.74) is 0.535. The van der Waals surface area contributed by atoms with Crippen molar-refractivity contribution in [1.29, 1.82) is 0 Å². The molecule has 2 saturated heterocycles. The van der Waals surface area contributed by atoms with E-state index in [0.717, 1.165) is 62.0 Å². The fourth-order valence-corrected chi connectivity index (χ4v) is 4.24. The number of para-hydroxylation sites is 2. The van der Waals surface area contributed by atoms with Gasteiger partial charge in [0.25, 0.3) is 0 Å². The highest BCUT2D eigenvalue weighted by atomic mass is 16.5. The molecule has 0 saturated carbocycles. The van der Waals surface area contributed by atoms with Crippen molar-refractivity contribution in [2.24, 2.45) is 5.92 Å². The van der Waals surface area contributed by atoms with Crippen LogP contribution >= 0.6 is 0 Å². The molecule has 4 rings (SSSR count). The Labute approximate surface area is 161 Å². The first kappa shape index (κ1) is 18.4. The molecule has 1 aromatic carbocycles. The summed E-state index contributed by atoms with van der Waals surface area (Å²) < 4.78 is 13.6. The van der Waals surface area contributed by atoms with E-state index in [9.17, 15) is 0 Å². The van der Waals surface area contributed by atoms with Gasteiger partial charge in [-0.1, -0.05) is 12.1 Å². The van der Waals surface area contributed by atoms with Crippen molar-refractivity contribution in [2.75, 3.05) is 33.9 Å². The Bertz CT molecular complexity index is 774. The van der Waals surface area contributed by atoms with Crippen LogP contribution in [0.25, 0.3) is 5.69 Å². The average molecular weight is 370 g/mol. The average Bonchev–Trinajstić information content (AvgIpc) is 3.31. The Morgan fingerprint density at radius 1 is 1.26 bits per heavy atom. The second kappa shape index (κ2) is 7.60. The number of likely N-dealkylation sites (tertiary alicyclic amines) is 1. The molecule has 0 N–H and O–H groups in total. The predicted octanol–water partition coefficient (Wildman–Crippen LogP) is 3.19. The van der Waals surface area contributed by atoms with Gasteiger partial charge in [-0.05, 0) is 70.8 Å². The van der Waals surface area contributed by atoms with E-state index < -0.39 is 0 Å². The number of methoxy groups -OCH3 is 1. The normalized spacial score (nSPS) is 24.4. The van der Waals surface area contributed by atoms with Crippen LogP contribution in [-0.4, -0.2) is 53.5 Å². The van der Waals surface area contributed by atoms with Crippen molar-refractivity contribution in [2.45, 2.75) is 44.6 Å². The third-order valence-electron chi connectivity index (χ3n) is 5.97. The Balaban J connectivity index is 1.69. The molecule has 0 radical (unpaired) electrons. The molecule has 1 atom stereocenters. The quantitative estimate of drug-likeness (QED) is 0.809. The van der Waals surface area contributed by atoms with E-state index in [1.54, 1.807) is 7.11 Å². The standard InChI is InChI=1S/C21H30N4O2/c1-21(11-6-14-27-21)20-22-19(15-16-9-12-24(2)13-10-16)23-25(20)17-7-4-5-8-18(17)26-3/h4-5,7-8,16H,6,9-15H2,1-3H3/t21-/m0/s1. The number of aromatic nitrogens is 3. The number of hydrogen-bond donors (Lipinski definition) is 0. The van der Waals surface area contributed by atoms with Crippen LogP contribution in [0.1, 0.15) is 44.3 Å². The topological polar surface area (TPSA) is 52.4 Å². The van der Waals surface area contributed by atoms with Crippen molar-refractivity contribution < 1.29 is 9.47 Å². The molecule has 3 heterocycles. The molecule has 2 aliphatic heterocycles. The summed E-state index contributed by atoms with van der Waals surface area (Å²) in [5, 5.41) is 4.92. The Morgan fingerprint density at radius 3 is 2.74 bits per heavy atom. The van der Waals surface area contributed by atoms with Crippen LogP contribution < -0.4 is 4.74 Å². The van der Waals surface area contributed by atoms with Crippen molar-refractivity contribution in [3.05, 3.63) is 35.9 Å². The lowest BCUT2D eigenvalue weighted by Crippen LogP contribution is -2.31. The van der Waals surface area contributed by atoms with Crippen LogP contribution in [0, 0.1) is 5.92 Å². The second-order valence-corrected chi connectivity index (χ2v) is 8.07. The highest BCUT2D eigenvalue weighted by Crippen LogP contribution is 2.37. The van der Waals surface area contributed by atoms with E-state index in [4.69, 9.17) is 19.6 Å². The zero-order valence-electron chi connectivity index (χ0n) is 16.6. The van der Waals surface area contributed by atoms with Gasteiger partial charge in [-0.3, -0.25) is 0 Å². The molecule has 2 aromatic rings. The van der Waals surface area contributed by atoms with Gasteiger partial charge in [0.2, 0.25) is 0 Å². The molecular weight excluding hydrogens is 340 g/mol. The summed E-state index contributed by atoms with van der Waals surface area (Å²) >= 11 is 0. The monoisotopic (exact) mass is 370 g/mol. The van der Waals surface area contributed by atoms with Crippen LogP contribution in [0.2, 0.25) is 0 Å². The summed E-state index contributed by atoms with van der Waals surface area (Å²) in [7, 11) is 3.89. The van der Waals surface area contributed by atoms with Gasteiger partial charge in [0.15, 0.2) is 11.6 Å². The molecule has 0 aliphatic carbocycles. The number of rotatable bonds is 5. The minimum Gasteiger partial charge on any atom is -0.494 e. The molecule has 2 aliphatic rings. The molecule has 0 amide bonds. The number of nitrogens with zero attached hydrogens (tertiary/aromatic N) is 4. The first-order valence-electron chi connectivity index (χ1n) is 10.0. The minimum atomic E-state index is -0.390. The van der Waals surface area contributed by atoms with E-state index in [2.05, 4.69) is 18.9 Å². The molecule has 0 bridgehead atoms. The van der Waals surface area contributed by atoms with Crippen molar-refractivity contribution in [3.8, 4) is 11.4 Å². The molecule has 0 spiro atoms. The Hall–Kier alpha value is -1.92. The highest BCUT2D eigenvalue weighted by molar-refractivity contribution is 5.46. The Morgan fingerprint density at radius 2 is 2.04 bits per heavy atom. The molecule has 6 heteroatoms. The van der Waals surface area contributed by atoms with Gasteiger partial charge < -0.3 is 14.4 Å². The zero-order valence-corrected chi connectivity index (χ0v) is 16.6. The molecular formula is C21H30N4O2. The highest BCUT2D eigenvalue weighted by Gasteiger charge is 2.38. The maximum atomic E-state index is 6.11. The van der Waals surface area contributed by atoms with Crippen LogP contribution in [0.15, 0.2) is 24.3 Å². The van der Waals surface area contributed by atoms with E-state index in [1.807, 2.05) is 28.9 Å². The van der Waals surface area contributed by atoms with Gasteiger partial charge in [0.1, 0.15) is 17.0 Å². The summed E-state index contributed by atoms with van der Waals surface area (Å²) in [4.78, 5) is 7.39. The lowest BCUT2D eigenvalue weighted by atomic mass is 9.93. The predicted molar refractivity (Wildman–Crippen MR) is 104 cm³/mol. The van der Waals surface area contributed by atoms with E-state index in [1.165, 1.54) is 12.8 Å². The van der Waals surface area contributed by atoms with Gasteiger partial charge in [0.05, 0.1) is 7.11 Å². The first-order valence-corrected chi connectivity index (χ1v) is 10.0. The summed E-state index contributed by atoms with van der Waals surface area (Å²) in [6, 6.07) is 7.99. The number of piperidine rings is 1. The molecule has 2 fully saturated rings. The number of benzene rings is 1. The van der Waals surface area contributed by atoms with Crippen molar-refractivity contribution in [3.63, 3.8) is 0 Å². The molecule has 1 aromatic heterocycles. The lowest BCUT2D eigenvalue weighted by Gasteiger charge is -2.28. The largest absolute Gasteiger partial charge is 0.494 e. The molecule has 146 valence electrons. The third kappa shape index (κ3) is 3.73. The summed E-state index contributed by atoms with van der Waals surface area (Å²) in [6.45, 7) is 5.23. The van der Waals surface area contributed by atoms with Gasteiger partial charge in [-0.15, -0.1) is 0 Å². The van der Waals surface area contributed by atoms with E-state index in [-0.39, 0.29) is 5.60 Å². The van der Waals surface area contributed by atoms with Crippen molar-refractivity contribution in [1.82, 2.24) is 19.7 Å².